The lowest BCUT2D eigenvalue weighted by Gasteiger charge is -2.03. The number of rotatable bonds is 1. The third-order valence-corrected chi connectivity index (χ3v) is 3.45. The molecule has 2 rings (SSSR count). The predicted octanol–water partition coefficient (Wildman–Crippen LogP) is 1.17. The first-order valence-electron chi connectivity index (χ1n) is 4.53. The second kappa shape index (κ2) is 4.36. The number of phenolic OH excluding ortho intramolecular Hbond substituents is 2. The van der Waals surface area contributed by atoms with E-state index in [1.807, 2.05) is 0 Å². The first-order chi connectivity index (χ1) is 7.99. The molecule has 1 saturated heterocycles. The van der Waals surface area contributed by atoms with Crippen LogP contribution in [0.25, 0.3) is 6.08 Å². The molecule has 88 valence electrons. The van der Waals surface area contributed by atoms with E-state index in [0.29, 0.717) is 10.5 Å². The number of amides is 1. The maximum Gasteiger partial charge on any atom is 0.280 e. The SMILES string of the molecule is NN1C(=O)/C(=C/c2ccc(O)cc2O)SC1=S. The van der Waals surface area contributed by atoms with Crippen LogP contribution < -0.4 is 5.84 Å². The van der Waals surface area contributed by atoms with Crippen molar-refractivity contribution >= 4 is 40.3 Å². The van der Waals surface area contributed by atoms with E-state index in [2.05, 4.69) is 0 Å². The topological polar surface area (TPSA) is 86.8 Å². The molecule has 0 bridgehead atoms. The van der Waals surface area contributed by atoms with Crippen LogP contribution in [0.5, 0.6) is 11.5 Å². The number of aromatic hydroxyl groups is 2. The summed E-state index contributed by atoms with van der Waals surface area (Å²) >= 11 is 5.93. The van der Waals surface area contributed by atoms with Crippen LogP contribution in [0.1, 0.15) is 5.56 Å². The quantitative estimate of drug-likeness (QED) is 0.307. The van der Waals surface area contributed by atoms with Crippen LogP contribution in [0.4, 0.5) is 0 Å². The van der Waals surface area contributed by atoms with Crippen molar-refractivity contribution in [1.29, 1.82) is 0 Å². The van der Waals surface area contributed by atoms with Crippen molar-refractivity contribution in [2.24, 2.45) is 5.84 Å². The van der Waals surface area contributed by atoms with Gasteiger partial charge in [-0.15, -0.1) is 0 Å². The molecule has 0 spiro atoms. The highest BCUT2D eigenvalue weighted by Gasteiger charge is 2.29. The molecule has 1 aliphatic heterocycles. The van der Waals surface area contributed by atoms with Gasteiger partial charge in [-0.25, -0.2) is 10.9 Å². The average Bonchev–Trinajstić information content (AvgIpc) is 2.50. The van der Waals surface area contributed by atoms with Crippen molar-refractivity contribution in [3.05, 3.63) is 28.7 Å². The lowest BCUT2D eigenvalue weighted by Crippen LogP contribution is -2.34. The summed E-state index contributed by atoms with van der Waals surface area (Å²) in [5.74, 6) is 4.83. The second-order valence-electron chi connectivity index (χ2n) is 3.29. The van der Waals surface area contributed by atoms with E-state index in [1.54, 1.807) is 0 Å². The highest BCUT2D eigenvalue weighted by Crippen LogP contribution is 2.33. The summed E-state index contributed by atoms with van der Waals surface area (Å²) in [4.78, 5) is 11.9. The molecule has 0 aromatic heterocycles. The Morgan fingerprint density at radius 3 is 2.65 bits per heavy atom. The normalized spacial score (nSPS) is 18.2. The molecule has 1 heterocycles. The van der Waals surface area contributed by atoms with Crippen molar-refractivity contribution in [3.8, 4) is 11.5 Å². The summed E-state index contributed by atoms with van der Waals surface area (Å²) in [5, 5.41) is 19.6. The standard InChI is InChI=1S/C10H8N2O3S2/c11-12-9(15)8(17-10(12)16)3-5-1-2-6(13)4-7(5)14/h1-4,13-14H,11H2/b8-3-. The highest BCUT2D eigenvalue weighted by molar-refractivity contribution is 8.26. The Morgan fingerprint density at radius 1 is 1.41 bits per heavy atom. The number of benzene rings is 1. The Kier molecular flexibility index (Phi) is 3.05. The number of hydrogen-bond acceptors (Lipinski definition) is 6. The molecule has 0 unspecified atom stereocenters. The monoisotopic (exact) mass is 268 g/mol. The summed E-state index contributed by atoms with van der Waals surface area (Å²) in [6.45, 7) is 0. The van der Waals surface area contributed by atoms with Gasteiger partial charge in [0.2, 0.25) is 0 Å². The number of thiocarbonyl (C=S) groups is 1. The predicted molar refractivity (Wildman–Crippen MR) is 69.0 cm³/mol. The molecule has 0 aliphatic carbocycles. The van der Waals surface area contributed by atoms with Crippen LogP contribution in [-0.4, -0.2) is 25.4 Å². The fraction of sp³-hybridized carbons (Fsp3) is 0. The molecule has 1 aliphatic rings. The maximum atomic E-state index is 11.6. The Hall–Kier alpha value is -1.57. The van der Waals surface area contributed by atoms with Crippen LogP contribution in [-0.2, 0) is 4.79 Å². The molecular weight excluding hydrogens is 260 g/mol. The number of phenols is 2. The van der Waals surface area contributed by atoms with Crippen molar-refractivity contribution in [3.63, 3.8) is 0 Å². The highest BCUT2D eigenvalue weighted by atomic mass is 32.2. The van der Waals surface area contributed by atoms with E-state index in [4.69, 9.17) is 23.2 Å². The van der Waals surface area contributed by atoms with Gasteiger partial charge < -0.3 is 10.2 Å². The van der Waals surface area contributed by atoms with Gasteiger partial charge in [-0.2, -0.15) is 0 Å². The van der Waals surface area contributed by atoms with Crippen molar-refractivity contribution in [2.45, 2.75) is 0 Å². The molecule has 17 heavy (non-hydrogen) atoms. The average molecular weight is 268 g/mol. The van der Waals surface area contributed by atoms with E-state index in [9.17, 15) is 9.90 Å². The smallest absolute Gasteiger partial charge is 0.280 e. The van der Waals surface area contributed by atoms with Crippen molar-refractivity contribution in [2.75, 3.05) is 0 Å². The van der Waals surface area contributed by atoms with Crippen molar-refractivity contribution in [1.82, 2.24) is 5.01 Å². The fourth-order valence-corrected chi connectivity index (χ4v) is 2.37. The Labute approximate surface area is 106 Å². The minimum absolute atomic E-state index is 0.0500. The molecule has 1 amide bonds. The van der Waals surface area contributed by atoms with Gasteiger partial charge in [0.15, 0.2) is 4.32 Å². The third-order valence-electron chi connectivity index (χ3n) is 2.12. The van der Waals surface area contributed by atoms with Crippen LogP contribution in [0.15, 0.2) is 23.1 Å². The van der Waals surface area contributed by atoms with Crippen LogP contribution in [0, 0.1) is 0 Å². The van der Waals surface area contributed by atoms with E-state index in [1.165, 1.54) is 24.3 Å². The van der Waals surface area contributed by atoms with Gasteiger partial charge in [-0.05, 0) is 18.2 Å². The van der Waals surface area contributed by atoms with Crippen molar-refractivity contribution < 1.29 is 15.0 Å². The lowest BCUT2D eigenvalue weighted by atomic mass is 10.2. The fourth-order valence-electron chi connectivity index (χ4n) is 1.28. The summed E-state index contributed by atoms with van der Waals surface area (Å²) in [5.41, 5.74) is 0.414. The Morgan fingerprint density at radius 2 is 2.12 bits per heavy atom. The van der Waals surface area contributed by atoms with Gasteiger partial charge in [0.05, 0.1) is 4.91 Å². The molecule has 0 atom stereocenters. The summed E-state index contributed by atoms with van der Waals surface area (Å²) in [7, 11) is 0. The minimum Gasteiger partial charge on any atom is -0.508 e. The zero-order chi connectivity index (χ0) is 12.6. The van der Waals surface area contributed by atoms with Gasteiger partial charge in [-0.3, -0.25) is 4.79 Å². The summed E-state index contributed by atoms with van der Waals surface area (Å²) < 4.78 is 0.263. The zero-order valence-electron chi connectivity index (χ0n) is 8.45. The van der Waals surface area contributed by atoms with Gasteiger partial charge in [0, 0.05) is 11.6 Å². The van der Waals surface area contributed by atoms with Crippen LogP contribution >= 0.6 is 24.0 Å². The molecule has 7 heteroatoms. The zero-order valence-corrected chi connectivity index (χ0v) is 10.1. The first kappa shape index (κ1) is 11.9. The minimum atomic E-state index is -0.410. The molecule has 1 aromatic rings. The van der Waals surface area contributed by atoms with Gasteiger partial charge in [0.1, 0.15) is 11.5 Å². The summed E-state index contributed by atoms with van der Waals surface area (Å²) in [6.07, 6.45) is 1.47. The molecular formula is C10H8N2O3S2. The van der Waals surface area contributed by atoms with Gasteiger partial charge in [-0.1, -0.05) is 24.0 Å². The van der Waals surface area contributed by atoms with Gasteiger partial charge in [0.25, 0.3) is 5.91 Å². The Balaban J connectivity index is 2.37. The van der Waals surface area contributed by atoms with Crippen LogP contribution in [0.2, 0.25) is 0 Å². The molecule has 5 nitrogen and oxygen atoms in total. The summed E-state index contributed by atoms with van der Waals surface area (Å²) in [6, 6.07) is 4.09. The third kappa shape index (κ3) is 2.26. The second-order valence-corrected chi connectivity index (χ2v) is 4.97. The van der Waals surface area contributed by atoms with Crippen LogP contribution in [0.3, 0.4) is 0 Å². The van der Waals surface area contributed by atoms with E-state index >= 15 is 0 Å². The number of hydrazine groups is 1. The molecule has 1 aromatic carbocycles. The van der Waals surface area contributed by atoms with E-state index in [0.717, 1.165) is 16.8 Å². The van der Waals surface area contributed by atoms with E-state index < -0.39 is 5.91 Å². The number of nitrogens with two attached hydrogens (primary N) is 1. The molecule has 1 fully saturated rings. The van der Waals surface area contributed by atoms with Gasteiger partial charge >= 0.3 is 0 Å². The number of hydrogen-bond donors (Lipinski definition) is 3. The maximum absolute atomic E-state index is 11.6. The number of nitrogens with zero attached hydrogens (tertiary/aromatic N) is 1. The molecule has 4 N–H and O–H groups in total. The molecule has 0 radical (unpaired) electrons. The Bertz CT molecular complexity index is 542. The number of thioether (sulfide) groups is 1. The lowest BCUT2D eigenvalue weighted by molar-refractivity contribution is -0.122. The number of carbonyl (C=O) groups excluding carboxylic acids is 1. The molecule has 0 saturated carbocycles. The first-order valence-corrected chi connectivity index (χ1v) is 5.76. The number of carbonyl (C=O) groups is 1. The largest absolute Gasteiger partial charge is 0.508 e. The van der Waals surface area contributed by atoms with E-state index in [-0.39, 0.29) is 15.8 Å².